The van der Waals surface area contributed by atoms with Gasteiger partial charge in [0.05, 0.1) is 23.2 Å². The molecule has 0 N–H and O–H groups in total. The molecule has 0 radical (unpaired) electrons. The van der Waals surface area contributed by atoms with Gasteiger partial charge in [0.2, 0.25) is 0 Å². The third kappa shape index (κ3) is 3.92. The first kappa shape index (κ1) is 18.9. The van der Waals surface area contributed by atoms with E-state index in [9.17, 15) is 9.18 Å². The number of nitrogens with zero attached hydrogens (tertiary/aromatic N) is 1. The van der Waals surface area contributed by atoms with Crippen molar-refractivity contribution in [2.45, 2.75) is 33.0 Å². The van der Waals surface area contributed by atoms with Crippen LogP contribution >= 0.6 is 11.6 Å². The molecule has 3 nitrogen and oxygen atoms in total. The molecule has 1 amide bonds. The number of carbonyl (C=O) groups excluding carboxylic acids is 1. The summed E-state index contributed by atoms with van der Waals surface area (Å²) in [5, 5.41) is 0.130. The second kappa shape index (κ2) is 7.37. The Balaban J connectivity index is 1.94. The van der Waals surface area contributed by atoms with Gasteiger partial charge < -0.3 is 9.64 Å². The zero-order valence-electron chi connectivity index (χ0n) is 15.2. The number of amides is 1. The van der Waals surface area contributed by atoms with Gasteiger partial charge in [0, 0.05) is 6.54 Å². The Morgan fingerprint density at radius 1 is 1.12 bits per heavy atom. The van der Waals surface area contributed by atoms with Gasteiger partial charge in [0.15, 0.2) is 0 Å². The fourth-order valence-corrected chi connectivity index (χ4v) is 3.36. The maximum Gasteiger partial charge on any atom is 0.258 e. The summed E-state index contributed by atoms with van der Waals surface area (Å²) in [6.07, 6.45) is -0.431. The van der Waals surface area contributed by atoms with E-state index in [1.54, 1.807) is 4.90 Å². The molecule has 26 heavy (non-hydrogen) atoms. The Kier molecular flexibility index (Phi) is 5.35. The zero-order valence-corrected chi connectivity index (χ0v) is 16.0. The van der Waals surface area contributed by atoms with Crippen LogP contribution in [0, 0.1) is 11.2 Å². The van der Waals surface area contributed by atoms with Crippen LogP contribution < -0.4 is 0 Å². The summed E-state index contributed by atoms with van der Waals surface area (Å²) in [5.74, 6) is -0.996. The number of rotatable bonds is 2. The molecule has 1 aliphatic rings. The lowest BCUT2D eigenvalue weighted by molar-refractivity contribution is -0.119. The molecule has 2 aromatic rings. The monoisotopic (exact) mass is 375 g/mol. The number of hydrogen-bond acceptors (Lipinski definition) is 2. The second-order valence-electron chi connectivity index (χ2n) is 7.70. The Morgan fingerprint density at radius 3 is 2.42 bits per heavy atom. The van der Waals surface area contributed by atoms with Gasteiger partial charge in [-0.2, -0.15) is 0 Å². The maximum absolute atomic E-state index is 14.2. The molecule has 138 valence electrons. The highest BCUT2D eigenvalue weighted by Crippen LogP contribution is 2.34. The van der Waals surface area contributed by atoms with Gasteiger partial charge in [0.1, 0.15) is 11.9 Å². The average Bonchev–Trinajstić information content (AvgIpc) is 2.61. The molecule has 1 heterocycles. The largest absolute Gasteiger partial charge is 0.366 e. The molecule has 0 unspecified atom stereocenters. The highest BCUT2D eigenvalue weighted by Gasteiger charge is 2.38. The molecule has 0 aromatic heterocycles. The van der Waals surface area contributed by atoms with E-state index in [4.69, 9.17) is 16.3 Å². The lowest BCUT2D eigenvalue weighted by Crippen LogP contribution is -2.51. The van der Waals surface area contributed by atoms with Crippen molar-refractivity contribution < 1.29 is 13.9 Å². The SMILES string of the molecule is CC(C)(C)[C@H]1CN(C(=O)c2c(F)cccc2Cl)C[C@@H](c2ccccc2)O1. The van der Waals surface area contributed by atoms with E-state index >= 15 is 0 Å². The van der Waals surface area contributed by atoms with E-state index in [2.05, 4.69) is 20.8 Å². The van der Waals surface area contributed by atoms with E-state index in [1.807, 2.05) is 30.3 Å². The van der Waals surface area contributed by atoms with Gasteiger partial charge in [-0.05, 0) is 23.1 Å². The molecule has 0 aliphatic carbocycles. The fourth-order valence-electron chi connectivity index (χ4n) is 3.11. The number of carbonyl (C=O) groups is 1. The van der Waals surface area contributed by atoms with Crippen LogP contribution in [-0.2, 0) is 4.74 Å². The van der Waals surface area contributed by atoms with Crippen LogP contribution in [-0.4, -0.2) is 30.0 Å². The maximum atomic E-state index is 14.2. The van der Waals surface area contributed by atoms with E-state index in [-0.39, 0.29) is 28.2 Å². The van der Waals surface area contributed by atoms with Crippen LogP contribution in [0.4, 0.5) is 4.39 Å². The molecule has 3 rings (SSSR count). The lowest BCUT2D eigenvalue weighted by atomic mass is 9.87. The number of hydrogen-bond donors (Lipinski definition) is 0. The fraction of sp³-hybridized carbons (Fsp3) is 0.381. The van der Waals surface area contributed by atoms with Gasteiger partial charge in [-0.15, -0.1) is 0 Å². The quantitative estimate of drug-likeness (QED) is 0.730. The molecule has 2 aromatic carbocycles. The van der Waals surface area contributed by atoms with Crippen LogP contribution in [0.1, 0.15) is 42.8 Å². The molecule has 0 saturated carbocycles. The van der Waals surface area contributed by atoms with Crippen LogP contribution in [0.25, 0.3) is 0 Å². The summed E-state index contributed by atoms with van der Waals surface area (Å²) in [4.78, 5) is 14.7. The van der Waals surface area contributed by atoms with Gasteiger partial charge in [-0.1, -0.05) is 68.8 Å². The van der Waals surface area contributed by atoms with Gasteiger partial charge in [-0.25, -0.2) is 4.39 Å². The molecule has 1 fully saturated rings. The topological polar surface area (TPSA) is 29.5 Å². The number of halogens is 2. The van der Waals surface area contributed by atoms with Crippen molar-refractivity contribution >= 4 is 17.5 Å². The molecule has 0 spiro atoms. The standard InChI is InChI=1S/C21H23ClFNO2/c1-21(2,3)18-13-24(12-17(26-18)14-8-5-4-6-9-14)20(25)19-15(22)10-7-11-16(19)23/h4-11,17-18H,12-13H2,1-3H3/t17-,18+/m0/s1. The summed E-state index contributed by atoms with van der Waals surface area (Å²) in [6.45, 7) is 6.98. The Morgan fingerprint density at radius 2 is 1.81 bits per heavy atom. The number of morpholine rings is 1. The average molecular weight is 376 g/mol. The van der Waals surface area contributed by atoms with E-state index in [0.29, 0.717) is 13.1 Å². The van der Waals surface area contributed by atoms with Crippen LogP contribution in [0.5, 0.6) is 0 Å². The minimum atomic E-state index is -0.599. The molecular weight excluding hydrogens is 353 g/mol. The third-order valence-corrected chi connectivity index (χ3v) is 5.02. The van der Waals surface area contributed by atoms with Gasteiger partial charge in [-0.3, -0.25) is 4.79 Å². The molecule has 5 heteroatoms. The first-order valence-electron chi connectivity index (χ1n) is 8.71. The second-order valence-corrected chi connectivity index (χ2v) is 8.10. The van der Waals surface area contributed by atoms with Crippen molar-refractivity contribution in [1.29, 1.82) is 0 Å². The van der Waals surface area contributed by atoms with Crippen LogP contribution in [0.3, 0.4) is 0 Å². The predicted octanol–water partition coefficient (Wildman–Crippen LogP) is 5.11. The molecule has 2 atom stereocenters. The van der Waals surface area contributed by atoms with Gasteiger partial charge in [0.25, 0.3) is 5.91 Å². The van der Waals surface area contributed by atoms with Crippen molar-refractivity contribution in [2.24, 2.45) is 5.41 Å². The first-order valence-corrected chi connectivity index (χ1v) is 9.09. The smallest absolute Gasteiger partial charge is 0.258 e. The summed E-state index contributed by atoms with van der Waals surface area (Å²) < 4.78 is 20.5. The Bertz CT molecular complexity index is 768. The molecular formula is C21H23ClFNO2. The van der Waals surface area contributed by atoms with Crippen LogP contribution in [0.2, 0.25) is 5.02 Å². The minimum absolute atomic E-state index is 0.0736. The summed E-state index contributed by atoms with van der Waals surface area (Å²) in [6, 6.07) is 14.1. The van der Waals surface area contributed by atoms with Gasteiger partial charge >= 0.3 is 0 Å². The predicted molar refractivity (Wildman–Crippen MR) is 101 cm³/mol. The van der Waals surface area contributed by atoms with E-state index in [0.717, 1.165) is 5.56 Å². The molecule has 1 aliphatic heterocycles. The highest BCUT2D eigenvalue weighted by atomic mass is 35.5. The van der Waals surface area contributed by atoms with E-state index < -0.39 is 11.7 Å². The van der Waals surface area contributed by atoms with Crippen molar-refractivity contribution in [3.8, 4) is 0 Å². The van der Waals surface area contributed by atoms with Crippen molar-refractivity contribution in [1.82, 2.24) is 4.90 Å². The Labute approximate surface area is 158 Å². The number of benzene rings is 2. The molecule has 0 bridgehead atoms. The van der Waals surface area contributed by atoms with Crippen molar-refractivity contribution in [3.63, 3.8) is 0 Å². The lowest BCUT2D eigenvalue weighted by Gasteiger charge is -2.43. The summed E-state index contributed by atoms with van der Waals surface area (Å²) >= 11 is 6.10. The first-order chi connectivity index (χ1) is 12.3. The summed E-state index contributed by atoms with van der Waals surface area (Å²) in [7, 11) is 0. The van der Waals surface area contributed by atoms with Crippen molar-refractivity contribution in [2.75, 3.05) is 13.1 Å². The minimum Gasteiger partial charge on any atom is -0.366 e. The van der Waals surface area contributed by atoms with E-state index in [1.165, 1.54) is 18.2 Å². The normalized spacial score (nSPS) is 20.9. The van der Waals surface area contributed by atoms with Crippen LogP contribution in [0.15, 0.2) is 48.5 Å². The zero-order chi connectivity index (χ0) is 18.9. The highest BCUT2D eigenvalue weighted by molar-refractivity contribution is 6.33. The Hall–Kier alpha value is -1.91. The van der Waals surface area contributed by atoms with Crippen molar-refractivity contribution in [3.05, 3.63) is 70.5 Å². The molecule has 1 saturated heterocycles. The third-order valence-electron chi connectivity index (χ3n) is 4.70. The number of ether oxygens (including phenoxy) is 1. The summed E-state index contributed by atoms with van der Waals surface area (Å²) in [5.41, 5.74) is 0.764.